The quantitative estimate of drug-likeness (QED) is 0.113. The molecule has 24 nitrogen and oxygen atoms in total. The molecule has 0 saturated carbocycles. The van der Waals surface area contributed by atoms with E-state index in [-0.39, 0.29) is 105 Å². The number of aromatic nitrogens is 8. The summed E-state index contributed by atoms with van der Waals surface area (Å²) in [5.74, 6) is -1.64. The van der Waals surface area contributed by atoms with Gasteiger partial charge in [-0.15, -0.1) is 0 Å². The number of benzene rings is 2. The molecule has 24 heteroatoms. The number of hydrogen-bond donors (Lipinski definition) is 2. The molecule has 0 fully saturated rings. The van der Waals surface area contributed by atoms with E-state index in [4.69, 9.17) is 56.8 Å². The number of nitrogens with zero attached hydrogens (tertiary/aromatic N) is 8. The summed E-state index contributed by atoms with van der Waals surface area (Å²) in [5, 5.41) is 19.5. The number of ether oxygens (including phenoxy) is 12. The minimum atomic E-state index is -1.32. The molecule has 2 N–H and O–H groups in total. The van der Waals surface area contributed by atoms with E-state index in [0.717, 1.165) is 0 Å². The minimum absolute atomic E-state index is 0.0878. The van der Waals surface area contributed by atoms with Crippen LogP contribution in [0.4, 0.5) is 0 Å². The molecule has 62 heavy (non-hydrogen) atoms. The first-order chi connectivity index (χ1) is 29.9. The second kappa shape index (κ2) is 20.8. The van der Waals surface area contributed by atoms with Crippen LogP contribution in [0.2, 0.25) is 0 Å². The van der Waals surface area contributed by atoms with Gasteiger partial charge in [-0.3, -0.25) is 0 Å². The summed E-state index contributed by atoms with van der Waals surface area (Å²) < 4.78 is 62.9. The van der Waals surface area contributed by atoms with Gasteiger partial charge in [0.1, 0.15) is 34.1 Å². The first-order valence-electron chi connectivity index (χ1n) is 17.3. The number of aromatic carboxylic acids is 2. The first-order valence-corrected chi connectivity index (χ1v) is 17.3. The van der Waals surface area contributed by atoms with Gasteiger partial charge in [-0.05, 0) is 24.3 Å². The maximum absolute atomic E-state index is 12.0. The third kappa shape index (κ3) is 11.3. The van der Waals surface area contributed by atoms with E-state index in [1.54, 1.807) is 0 Å². The second-order valence-electron chi connectivity index (χ2n) is 11.2. The number of rotatable bonds is 18. The van der Waals surface area contributed by atoms with Gasteiger partial charge in [0.15, 0.2) is 0 Å². The zero-order valence-electron chi connectivity index (χ0n) is 34.0. The SMILES string of the molecule is COc1cc(OC)nc(Oc2cccc(Oc3nc(OC)cc(OC)n3)c2C(=O)O)n1.COc1cc(OC)nc(Oc2cccc(Oc3nc(OC)cc(OC)n3)c2C(=O)O)n1. The average Bonchev–Trinajstić information content (AvgIpc) is 3.28. The summed E-state index contributed by atoms with van der Waals surface area (Å²) in [6.45, 7) is 0. The van der Waals surface area contributed by atoms with Gasteiger partial charge < -0.3 is 67.1 Å². The average molecular weight is 861 g/mol. The summed E-state index contributed by atoms with van der Waals surface area (Å²) in [6, 6.07) is 13.7. The molecule has 0 aliphatic rings. The zero-order chi connectivity index (χ0) is 44.8. The van der Waals surface area contributed by atoms with Gasteiger partial charge in [0.25, 0.3) is 0 Å². The molecule has 4 heterocycles. The summed E-state index contributed by atoms with van der Waals surface area (Å²) in [6.07, 6.45) is 0. The van der Waals surface area contributed by atoms with Crippen LogP contribution >= 0.6 is 0 Å². The fourth-order valence-electron chi connectivity index (χ4n) is 4.73. The van der Waals surface area contributed by atoms with Crippen molar-refractivity contribution in [3.63, 3.8) is 0 Å². The highest BCUT2D eigenvalue weighted by molar-refractivity contribution is 5.95. The molecule has 0 atom stereocenters. The van der Waals surface area contributed by atoms with E-state index in [0.29, 0.717) is 0 Å². The third-order valence-corrected chi connectivity index (χ3v) is 7.52. The maximum Gasteiger partial charge on any atom is 0.343 e. The van der Waals surface area contributed by atoms with Crippen LogP contribution < -0.4 is 56.8 Å². The molecule has 0 unspecified atom stereocenters. The number of hydrogen-bond acceptors (Lipinski definition) is 22. The fraction of sp³-hybridized carbons (Fsp3) is 0.211. The van der Waals surface area contributed by atoms with E-state index in [1.165, 1.54) is 118 Å². The minimum Gasteiger partial charge on any atom is -0.481 e. The molecule has 4 aromatic heterocycles. The van der Waals surface area contributed by atoms with Crippen molar-refractivity contribution < 1.29 is 76.6 Å². The molecule has 0 radical (unpaired) electrons. The van der Waals surface area contributed by atoms with E-state index >= 15 is 0 Å². The fourth-order valence-corrected chi connectivity index (χ4v) is 4.73. The Balaban J connectivity index is 0.000000234. The molecule has 6 rings (SSSR count). The van der Waals surface area contributed by atoms with Gasteiger partial charge in [0.05, 0.1) is 81.1 Å². The number of carbonyl (C=O) groups is 2. The Kier molecular flexibility index (Phi) is 14.9. The summed E-state index contributed by atoms with van der Waals surface area (Å²) in [7, 11) is 11.3. The van der Waals surface area contributed by atoms with Crippen molar-refractivity contribution in [1.82, 2.24) is 39.9 Å². The van der Waals surface area contributed by atoms with Crippen LogP contribution in [0.1, 0.15) is 20.7 Å². The normalized spacial score (nSPS) is 10.2. The first kappa shape index (κ1) is 44.4. The van der Waals surface area contributed by atoms with Gasteiger partial charge in [-0.25, -0.2) is 9.59 Å². The van der Waals surface area contributed by atoms with Crippen molar-refractivity contribution >= 4 is 11.9 Å². The molecule has 0 bridgehead atoms. The van der Waals surface area contributed by atoms with E-state index in [1.807, 2.05) is 0 Å². The lowest BCUT2D eigenvalue weighted by molar-refractivity contribution is 0.0679. The Bertz CT molecular complexity index is 2120. The van der Waals surface area contributed by atoms with Gasteiger partial charge >= 0.3 is 36.0 Å². The Morgan fingerprint density at radius 3 is 0.677 bits per heavy atom. The summed E-state index contributed by atoms with van der Waals surface area (Å²) in [5.41, 5.74) is -0.614. The van der Waals surface area contributed by atoms with Crippen LogP contribution in [0.15, 0.2) is 60.7 Å². The smallest absolute Gasteiger partial charge is 0.343 e. The zero-order valence-corrected chi connectivity index (χ0v) is 34.0. The monoisotopic (exact) mass is 860 g/mol. The largest absolute Gasteiger partial charge is 0.481 e. The van der Waals surface area contributed by atoms with Crippen molar-refractivity contribution in [2.45, 2.75) is 0 Å². The third-order valence-electron chi connectivity index (χ3n) is 7.52. The second-order valence-corrected chi connectivity index (χ2v) is 11.2. The lowest BCUT2D eigenvalue weighted by atomic mass is 10.2. The van der Waals surface area contributed by atoms with Gasteiger partial charge in [0, 0.05) is 0 Å². The molecule has 0 spiro atoms. The predicted octanol–water partition coefficient (Wildman–Crippen LogP) is 5.17. The van der Waals surface area contributed by atoms with Crippen molar-refractivity contribution in [3.05, 3.63) is 71.8 Å². The van der Waals surface area contributed by atoms with Crippen molar-refractivity contribution in [1.29, 1.82) is 0 Å². The molecule has 2 aromatic carbocycles. The van der Waals surface area contributed by atoms with Gasteiger partial charge in [-0.2, -0.15) is 39.9 Å². The van der Waals surface area contributed by atoms with E-state index in [9.17, 15) is 19.8 Å². The number of methoxy groups -OCH3 is 8. The van der Waals surface area contributed by atoms with Crippen LogP contribution in [0.3, 0.4) is 0 Å². The van der Waals surface area contributed by atoms with Gasteiger partial charge in [0.2, 0.25) is 47.0 Å². The molecular weight excluding hydrogens is 824 g/mol. The number of carboxylic acids is 2. The Labute approximate surface area is 350 Å². The van der Waals surface area contributed by atoms with E-state index in [2.05, 4.69) is 39.9 Å². The molecule has 0 aliphatic heterocycles. The van der Waals surface area contributed by atoms with Crippen LogP contribution in [0.25, 0.3) is 0 Å². The molecule has 0 aliphatic carbocycles. The molecule has 0 saturated heterocycles. The highest BCUT2D eigenvalue weighted by Crippen LogP contribution is 2.36. The van der Waals surface area contributed by atoms with Crippen LogP contribution in [0.5, 0.6) is 94.1 Å². The van der Waals surface area contributed by atoms with E-state index < -0.39 is 11.9 Å². The Morgan fingerprint density at radius 2 is 0.532 bits per heavy atom. The number of carboxylic acid groups (broad SMARTS) is 2. The molecule has 0 amide bonds. The van der Waals surface area contributed by atoms with Crippen molar-refractivity contribution in [3.8, 4) is 94.1 Å². The van der Waals surface area contributed by atoms with Crippen LogP contribution in [-0.2, 0) is 0 Å². The molecule has 6 aromatic rings. The Morgan fingerprint density at radius 1 is 0.355 bits per heavy atom. The van der Waals surface area contributed by atoms with Crippen LogP contribution in [-0.4, -0.2) is 119 Å². The van der Waals surface area contributed by atoms with Crippen LogP contribution in [0, 0.1) is 0 Å². The lowest BCUT2D eigenvalue weighted by Gasteiger charge is -2.13. The molecule has 324 valence electrons. The topological polar surface area (TPSA) is 288 Å². The molecular formula is C38H36N8O16. The standard InChI is InChI=1S/2C19H18N4O8/c2*1-26-12-8-13(27-2)21-18(20-12)30-10-6-5-7-11(16(10)17(24)25)31-19-22-14(28-3)9-15(23-19)29-4/h2*5-9H,1-4H3,(H,24,25). The Hall–Kier alpha value is -8.70. The summed E-state index contributed by atoms with van der Waals surface area (Å²) in [4.78, 5) is 56.2. The summed E-state index contributed by atoms with van der Waals surface area (Å²) >= 11 is 0. The lowest BCUT2D eigenvalue weighted by Crippen LogP contribution is -2.06. The van der Waals surface area contributed by atoms with Gasteiger partial charge in [-0.1, -0.05) is 12.1 Å². The predicted molar refractivity (Wildman–Crippen MR) is 208 cm³/mol. The highest BCUT2D eigenvalue weighted by atomic mass is 16.5. The highest BCUT2D eigenvalue weighted by Gasteiger charge is 2.24. The van der Waals surface area contributed by atoms with Crippen molar-refractivity contribution in [2.24, 2.45) is 0 Å². The van der Waals surface area contributed by atoms with Crippen molar-refractivity contribution in [2.75, 3.05) is 56.9 Å². The maximum atomic E-state index is 12.0.